The molecule has 0 N–H and O–H groups in total. The van der Waals surface area contributed by atoms with E-state index in [9.17, 15) is 18.0 Å². The molecule has 0 bridgehead atoms. The molecule has 1 fully saturated rings. The van der Waals surface area contributed by atoms with Gasteiger partial charge in [0.25, 0.3) is 0 Å². The van der Waals surface area contributed by atoms with Crippen LogP contribution in [-0.2, 0) is 10.9 Å². The number of aryl methyl sites for hydroxylation is 1. The van der Waals surface area contributed by atoms with Gasteiger partial charge in [-0.25, -0.2) is 14.8 Å². The zero-order chi connectivity index (χ0) is 22.8. The molecule has 0 unspecified atom stereocenters. The molecule has 1 aliphatic rings. The van der Waals surface area contributed by atoms with E-state index >= 15 is 0 Å². The summed E-state index contributed by atoms with van der Waals surface area (Å²) in [5.41, 5.74) is -0.807. The number of hydrogen-bond acceptors (Lipinski definition) is 6. The fraction of sp³-hybridized carbons (Fsp3) is 0.524. The molecule has 3 heterocycles. The number of carbonyl (C=O) groups is 1. The van der Waals surface area contributed by atoms with E-state index in [-0.39, 0.29) is 23.6 Å². The van der Waals surface area contributed by atoms with Gasteiger partial charge in [-0.1, -0.05) is 0 Å². The first-order chi connectivity index (χ1) is 14.4. The van der Waals surface area contributed by atoms with Gasteiger partial charge in [0.1, 0.15) is 22.9 Å². The molecule has 7 nitrogen and oxygen atoms in total. The first-order valence-corrected chi connectivity index (χ1v) is 9.95. The number of aromatic nitrogens is 3. The summed E-state index contributed by atoms with van der Waals surface area (Å²) in [6.45, 7) is 8.18. The molecule has 2 aromatic heterocycles. The molecular weight excluding hydrogens is 413 g/mol. The number of halogens is 3. The second-order valence-electron chi connectivity index (χ2n) is 8.40. The van der Waals surface area contributed by atoms with Crippen molar-refractivity contribution in [1.29, 1.82) is 0 Å². The fourth-order valence-corrected chi connectivity index (χ4v) is 3.24. The Bertz CT molecular complexity index is 919. The van der Waals surface area contributed by atoms with Crippen LogP contribution in [0.5, 0.6) is 11.6 Å². The lowest BCUT2D eigenvalue weighted by Crippen LogP contribution is -2.41. The van der Waals surface area contributed by atoms with E-state index in [4.69, 9.17) is 9.47 Å². The highest BCUT2D eigenvalue weighted by Gasteiger charge is 2.32. The van der Waals surface area contributed by atoms with Gasteiger partial charge in [0, 0.05) is 24.8 Å². The third-order valence-corrected chi connectivity index (χ3v) is 4.73. The number of hydrogen-bond donors (Lipinski definition) is 0. The molecule has 1 amide bonds. The maximum atomic E-state index is 12.7. The summed E-state index contributed by atoms with van der Waals surface area (Å²) >= 11 is 0. The van der Waals surface area contributed by atoms with Gasteiger partial charge in [0.2, 0.25) is 5.88 Å². The van der Waals surface area contributed by atoms with Gasteiger partial charge >= 0.3 is 12.3 Å². The van der Waals surface area contributed by atoms with Gasteiger partial charge in [-0.05, 0) is 58.6 Å². The Morgan fingerprint density at radius 1 is 1.10 bits per heavy atom. The van der Waals surface area contributed by atoms with Crippen LogP contribution in [0.3, 0.4) is 0 Å². The smallest absolute Gasteiger partial charge is 0.433 e. The van der Waals surface area contributed by atoms with Crippen molar-refractivity contribution in [3.63, 3.8) is 0 Å². The number of alkyl halides is 3. The van der Waals surface area contributed by atoms with Crippen LogP contribution >= 0.6 is 0 Å². The molecule has 0 aromatic carbocycles. The van der Waals surface area contributed by atoms with Crippen LogP contribution in [0, 0.1) is 6.92 Å². The molecular formula is C21H25F3N4O3. The molecule has 0 saturated carbocycles. The third-order valence-electron chi connectivity index (χ3n) is 4.73. The molecule has 1 aliphatic heterocycles. The predicted molar refractivity (Wildman–Crippen MR) is 106 cm³/mol. The molecule has 1 saturated heterocycles. The molecule has 2 aromatic rings. The number of pyridine rings is 1. The summed E-state index contributed by atoms with van der Waals surface area (Å²) in [7, 11) is 0. The summed E-state index contributed by atoms with van der Waals surface area (Å²) in [5, 5.41) is 0. The number of amides is 1. The van der Waals surface area contributed by atoms with Crippen molar-refractivity contribution in [3.05, 3.63) is 41.6 Å². The average molecular weight is 438 g/mol. The molecule has 10 heteroatoms. The van der Waals surface area contributed by atoms with E-state index in [1.165, 1.54) is 6.07 Å². The molecule has 0 atom stereocenters. The van der Waals surface area contributed by atoms with E-state index in [1.54, 1.807) is 18.0 Å². The van der Waals surface area contributed by atoms with Crippen LogP contribution in [0.25, 0.3) is 0 Å². The summed E-state index contributed by atoms with van der Waals surface area (Å²) in [6.07, 6.45) is -0.853. The lowest BCUT2D eigenvalue weighted by molar-refractivity contribution is -0.141. The molecule has 168 valence electrons. The third kappa shape index (κ3) is 6.05. The first kappa shape index (κ1) is 22.8. The standard InChI is InChI=1S/C21H25F3N4O3/c1-13-25-12-16(14-7-9-28(10-8-14)19(29)31-20(2,3)4)18(27-13)30-15-5-6-17(26-11-15)21(22,23)24/h5-6,11-12,14H,7-10H2,1-4H3. The van der Waals surface area contributed by atoms with Crippen molar-refractivity contribution >= 4 is 6.09 Å². The number of carbonyl (C=O) groups excluding carboxylic acids is 1. The molecule has 0 aliphatic carbocycles. The summed E-state index contributed by atoms with van der Waals surface area (Å²) in [4.78, 5) is 25.9. The Morgan fingerprint density at radius 3 is 2.32 bits per heavy atom. The van der Waals surface area contributed by atoms with Gasteiger partial charge in [-0.15, -0.1) is 0 Å². The monoisotopic (exact) mass is 438 g/mol. The second kappa shape index (κ2) is 8.68. The minimum absolute atomic E-state index is 0.0386. The first-order valence-electron chi connectivity index (χ1n) is 9.95. The second-order valence-corrected chi connectivity index (χ2v) is 8.40. The van der Waals surface area contributed by atoms with Crippen LogP contribution < -0.4 is 4.74 Å². The lowest BCUT2D eigenvalue weighted by atomic mass is 9.91. The van der Waals surface area contributed by atoms with Crippen LogP contribution in [0.15, 0.2) is 24.5 Å². The molecule has 0 radical (unpaired) electrons. The Labute approximate surface area is 178 Å². The number of piperidine rings is 1. The lowest BCUT2D eigenvalue weighted by Gasteiger charge is -2.33. The maximum absolute atomic E-state index is 12.7. The van der Waals surface area contributed by atoms with E-state index in [1.807, 2.05) is 20.8 Å². The van der Waals surface area contributed by atoms with Crippen LogP contribution in [0.2, 0.25) is 0 Å². The van der Waals surface area contributed by atoms with Gasteiger partial charge in [-0.3, -0.25) is 0 Å². The van der Waals surface area contributed by atoms with Gasteiger partial charge < -0.3 is 14.4 Å². The van der Waals surface area contributed by atoms with Gasteiger partial charge in [0.15, 0.2) is 0 Å². The van der Waals surface area contributed by atoms with Crippen molar-refractivity contribution in [2.45, 2.75) is 58.2 Å². The highest BCUT2D eigenvalue weighted by molar-refractivity contribution is 5.68. The number of rotatable bonds is 3. The number of likely N-dealkylation sites (tertiary alicyclic amines) is 1. The Balaban J connectivity index is 1.72. The maximum Gasteiger partial charge on any atom is 0.433 e. The SMILES string of the molecule is Cc1ncc(C2CCN(C(=O)OC(C)(C)C)CC2)c(Oc2ccc(C(F)(F)F)nc2)n1. The van der Waals surface area contributed by atoms with Crippen molar-refractivity contribution in [2.24, 2.45) is 0 Å². The average Bonchev–Trinajstić information content (AvgIpc) is 2.67. The topological polar surface area (TPSA) is 77.4 Å². The zero-order valence-corrected chi connectivity index (χ0v) is 17.9. The van der Waals surface area contributed by atoms with E-state index in [0.29, 0.717) is 31.8 Å². The highest BCUT2D eigenvalue weighted by atomic mass is 19.4. The van der Waals surface area contributed by atoms with Crippen molar-refractivity contribution < 1.29 is 27.4 Å². The Hall–Kier alpha value is -2.91. The van der Waals surface area contributed by atoms with Crippen LogP contribution in [-0.4, -0.2) is 44.6 Å². The zero-order valence-electron chi connectivity index (χ0n) is 17.9. The van der Waals surface area contributed by atoms with Crippen LogP contribution in [0.1, 0.15) is 56.6 Å². The van der Waals surface area contributed by atoms with E-state index in [2.05, 4.69) is 15.0 Å². The molecule has 3 rings (SSSR count). The normalized spacial score (nSPS) is 15.6. The van der Waals surface area contributed by atoms with Crippen molar-refractivity contribution in [1.82, 2.24) is 19.9 Å². The number of ether oxygens (including phenoxy) is 2. The van der Waals surface area contributed by atoms with Crippen molar-refractivity contribution in [3.8, 4) is 11.6 Å². The summed E-state index contributed by atoms with van der Waals surface area (Å²) < 4.78 is 49.4. The minimum atomic E-state index is -4.52. The van der Waals surface area contributed by atoms with E-state index in [0.717, 1.165) is 17.8 Å². The Kier molecular flexibility index (Phi) is 6.38. The molecule has 0 spiro atoms. The molecule has 31 heavy (non-hydrogen) atoms. The Morgan fingerprint density at radius 2 is 1.77 bits per heavy atom. The summed E-state index contributed by atoms with van der Waals surface area (Å²) in [6, 6.07) is 2.07. The quantitative estimate of drug-likeness (QED) is 0.663. The van der Waals surface area contributed by atoms with Gasteiger partial charge in [-0.2, -0.15) is 18.2 Å². The van der Waals surface area contributed by atoms with Crippen LogP contribution in [0.4, 0.5) is 18.0 Å². The highest BCUT2D eigenvalue weighted by Crippen LogP contribution is 2.35. The fourth-order valence-electron chi connectivity index (χ4n) is 3.24. The van der Waals surface area contributed by atoms with E-state index < -0.39 is 17.5 Å². The number of nitrogens with zero attached hydrogens (tertiary/aromatic N) is 4. The van der Waals surface area contributed by atoms with Gasteiger partial charge in [0.05, 0.1) is 6.20 Å². The largest absolute Gasteiger partial charge is 0.444 e. The minimum Gasteiger partial charge on any atom is -0.444 e. The van der Waals surface area contributed by atoms with Crippen molar-refractivity contribution in [2.75, 3.05) is 13.1 Å². The summed E-state index contributed by atoms with van der Waals surface area (Å²) in [5.74, 6) is 0.949. The predicted octanol–water partition coefficient (Wildman–Crippen LogP) is 5.11.